The van der Waals surface area contributed by atoms with Gasteiger partial charge in [-0.1, -0.05) is 182 Å². The lowest BCUT2D eigenvalue weighted by atomic mass is 9.93. The minimum atomic E-state index is 0.548. The number of nitriles is 1. The Kier molecular flexibility index (Phi) is 10.2. The zero-order chi connectivity index (χ0) is 41.7. The first kappa shape index (κ1) is 37.5. The van der Waals surface area contributed by atoms with Crippen LogP contribution in [0.25, 0.3) is 102 Å². The van der Waals surface area contributed by atoms with Gasteiger partial charge in [0.25, 0.3) is 0 Å². The third-order valence-electron chi connectivity index (χ3n) is 10.6. The number of nitrogens with zero attached hydrogens (tertiary/aromatic N) is 7. The van der Waals surface area contributed by atoms with Crippen LogP contribution in [-0.4, -0.2) is 29.9 Å². The van der Waals surface area contributed by atoms with Gasteiger partial charge >= 0.3 is 0 Å². The fraction of sp³-hybridized carbons (Fsp3) is 0. The molecular weight excluding hydrogens is 759 g/mol. The summed E-state index contributed by atoms with van der Waals surface area (Å²) in [6, 6.07) is 73.1. The highest BCUT2D eigenvalue weighted by Crippen LogP contribution is 2.37. The van der Waals surface area contributed by atoms with Gasteiger partial charge in [-0.25, -0.2) is 29.9 Å². The van der Waals surface area contributed by atoms with Crippen LogP contribution < -0.4 is 0 Å². The molecular formula is C55H35N7. The molecule has 7 heteroatoms. The number of hydrogen-bond donors (Lipinski definition) is 0. The van der Waals surface area contributed by atoms with E-state index in [1.807, 2.05) is 158 Å². The summed E-state index contributed by atoms with van der Waals surface area (Å²) in [6.07, 6.45) is 0. The van der Waals surface area contributed by atoms with Crippen molar-refractivity contribution in [3.8, 4) is 108 Å². The molecule has 2 heterocycles. The van der Waals surface area contributed by atoms with Crippen molar-refractivity contribution in [3.05, 3.63) is 218 Å². The largest absolute Gasteiger partial charge is 0.208 e. The smallest absolute Gasteiger partial charge is 0.164 e. The molecule has 0 spiro atoms. The SMILES string of the molecule is N#Cc1ccc(-c2cccc(-c3nc(-c4ccccc4)nc(-c4cc(-c5cccc(-c6nc(-c7ccccc7)nc(-c7ccccc7)n6)c5)ccc4-c4ccccc4)n3)c2)cc1. The monoisotopic (exact) mass is 793 g/mol. The maximum absolute atomic E-state index is 9.38. The Morgan fingerprint density at radius 1 is 0.242 bits per heavy atom. The van der Waals surface area contributed by atoms with Gasteiger partial charge in [0.1, 0.15) is 0 Å². The molecule has 8 aromatic carbocycles. The second kappa shape index (κ2) is 16.9. The van der Waals surface area contributed by atoms with Crippen LogP contribution in [0, 0.1) is 11.3 Å². The summed E-state index contributed by atoms with van der Waals surface area (Å²) in [5.74, 6) is 3.46. The molecule has 0 saturated carbocycles. The molecule has 2 aromatic heterocycles. The molecule has 0 amide bonds. The first-order chi connectivity index (χ1) is 30.6. The lowest BCUT2D eigenvalue weighted by molar-refractivity contribution is 1.07. The van der Waals surface area contributed by atoms with Gasteiger partial charge in [0.15, 0.2) is 34.9 Å². The number of rotatable bonds is 9. The van der Waals surface area contributed by atoms with E-state index in [2.05, 4.69) is 60.7 Å². The van der Waals surface area contributed by atoms with Crippen LogP contribution in [0.1, 0.15) is 5.56 Å². The Bertz CT molecular complexity index is 3160. The summed E-state index contributed by atoms with van der Waals surface area (Å²) in [5.41, 5.74) is 11.9. The number of aromatic nitrogens is 6. The van der Waals surface area contributed by atoms with E-state index < -0.39 is 0 Å². The van der Waals surface area contributed by atoms with E-state index in [1.165, 1.54) is 0 Å². The molecule has 0 N–H and O–H groups in total. The molecule has 0 radical (unpaired) electrons. The van der Waals surface area contributed by atoms with Crippen LogP contribution in [0.2, 0.25) is 0 Å². The van der Waals surface area contributed by atoms with Gasteiger partial charge in [-0.15, -0.1) is 0 Å². The zero-order valence-electron chi connectivity index (χ0n) is 33.3. The van der Waals surface area contributed by atoms with E-state index in [4.69, 9.17) is 29.9 Å². The van der Waals surface area contributed by atoms with Crippen LogP contribution in [0.15, 0.2) is 212 Å². The predicted molar refractivity (Wildman–Crippen MR) is 247 cm³/mol. The van der Waals surface area contributed by atoms with E-state index in [-0.39, 0.29) is 0 Å². The average molecular weight is 794 g/mol. The van der Waals surface area contributed by atoms with Crippen molar-refractivity contribution in [2.75, 3.05) is 0 Å². The van der Waals surface area contributed by atoms with Crippen molar-refractivity contribution in [1.29, 1.82) is 5.26 Å². The molecule has 0 atom stereocenters. The molecule has 0 bridgehead atoms. The Morgan fingerprint density at radius 2 is 0.581 bits per heavy atom. The number of benzene rings is 8. The third-order valence-corrected chi connectivity index (χ3v) is 10.6. The molecule has 62 heavy (non-hydrogen) atoms. The van der Waals surface area contributed by atoms with Gasteiger partial charge in [-0.05, 0) is 63.7 Å². The molecule has 0 unspecified atom stereocenters. The van der Waals surface area contributed by atoms with E-state index in [0.717, 1.165) is 66.8 Å². The molecule has 7 nitrogen and oxygen atoms in total. The van der Waals surface area contributed by atoms with Crippen LogP contribution in [0.4, 0.5) is 0 Å². The van der Waals surface area contributed by atoms with Crippen LogP contribution in [0.3, 0.4) is 0 Å². The van der Waals surface area contributed by atoms with E-state index in [9.17, 15) is 5.26 Å². The van der Waals surface area contributed by atoms with Crippen LogP contribution in [-0.2, 0) is 0 Å². The molecule has 290 valence electrons. The van der Waals surface area contributed by atoms with E-state index in [1.54, 1.807) is 0 Å². The highest BCUT2D eigenvalue weighted by molar-refractivity contribution is 5.86. The second-order valence-corrected chi connectivity index (χ2v) is 14.7. The summed E-state index contributed by atoms with van der Waals surface area (Å²) in [7, 11) is 0. The third kappa shape index (κ3) is 7.87. The summed E-state index contributed by atoms with van der Waals surface area (Å²) in [5, 5.41) is 9.38. The maximum atomic E-state index is 9.38. The summed E-state index contributed by atoms with van der Waals surface area (Å²) >= 11 is 0. The molecule has 0 saturated heterocycles. The van der Waals surface area contributed by atoms with Gasteiger partial charge < -0.3 is 0 Å². The lowest BCUT2D eigenvalue weighted by Gasteiger charge is -2.15. The predicted octanol–water partition coefficient (Wildman–Crippen LogP) is 12.9. The molecule has 10 rings (SSSR count). The summed E-state index contributed by atoms with van der Waals surface area (Å²) < 4.78 is 0. The average Bonchev–Trinajstić information content (AvgIpc) is 3.37. The number of hydrogen-bond acceptors (Lipinski definition) is 7. The Morgan fingerprint density at radius 3 is 1.03 bits per heavy atom. The normalized spacial score (nSPS) is 10.9. The van der Waals surface area contributed by atoms with E-state index >= 15 is 0 Å². The first-order valence-electron chi connectivity index (χ1n) is 20.3. The van der Waals surface area contributed by atoms with Crippen molar-refractivity contribution in [1.82, 2.24) is 29.9 Å². The molecule has 0 fully saturated rings. The van der Waals surface area contributed by atoms with Gasteiger partial charge in [0.05, 0.1) is 11.6 Å². The van der Waals surface area contributed by atoms with Crippen molar-refractivity contribution < 1.29 is 0 Å². The van der Waals surface area contributed by atoms with E-state index in [0.29, 0.717) is 40.5 Å². The van der Waals surface area contributed by atoms with Crippen molar-refractivity contribution in [2.24, 2.45) is 0 Å². The molecule has 0 aliphatic rings. The van der Waals surface area contributed by atoms with Crippen LogP contribution in [0.5, 0.6) is 0 Å². The van der Waals surface area contributed by atoms with Crippen molar-refractivity contribution >= 4 is 0 Å². The summed E-state index contributed by atoms with van der Waals surface area (Å²) in [4.78, 5) is 30.4. The highest BCUT2D eigenvalue weighted by atomic mass is 15.0. The minimum Gasteiger partial charge on any atom is -0.208 e. The van der Waals surface area contributed by atoms with Gasteiger partial charge in [-0.2, -0.15) is 5.26 Å². The highest BCUT2D eigenvalue weighted by Gasteiger charge is 2.19. The molecule has 10 aromatic rings. The Labute approximate surface area is 359 Å². The van der Waals surface area contributed by atoms with Gasteiger partial charge in [-0.3, -0.25) is 0 Å². The molecule has 0 aliphatic heterocycles. The summed E-state index contributed by atoms with van der Waals surface area (Å²) in [6.45, 7) is 0. The topological polar surface area (TPSA) is 101 Å². The first-order valence-corrected chi connectivity index (χ1v) is 20.3. The van der Waals surface area contributed by atoms with Crippen LogP contribution >= 0.6 is 0 Å². The molecule has 0 aliphatic carbocycles. The zero-order valence-corrected chi connectivity index (χ0v) is 33.3. The van der Waals surface area contributed by atoms with Crippen molar-refractivity contribution in [2.45, 2.75) is 0 Å². The van der Waals surface area contributed by atoms with Crippen molar-refractivity contribution in [3.63, 3.8) is 0 Å². The Balaban J connectivity index is 1.12. The quantitative estimate of drug-likeness (QED) is 0.143. The van der Waals surface area contributed by atoms with Gasteiger partial charge in [0, 0.05) is 33.4 Å². The Hall–Kier alpha value is -8.73. The second-order valence-electron chi connectivity index (χ2n) is 14.7. The standard InChI is InChI=1S/C55H35N7/c56-36-37-27-29-38(30-28-37)43-23-13-25-46(33-43)54-60-52(42-21-11-4-12-22-42)61-55(62-54)49-35-45(31-32-48(49)39-15-5-1-6-16-39)44-24-14-26-47(34-44)53-58-50(40-17-7-2-8-18-40)57-51(59-53)41-19-9-3-10-20-41/h1-35H. The fourth-order valence-electron chi connectivity index (χ4n) is 7.47. The minimum absolute atomic E-state index is 0.548. The fourth-order valence-corrected chi connectivity index (χ4v) is 7.47. The lowest BCUT2D eigenvalue weighted by Crippen LogP contribution is -2.01. The van der Waals surface area contributed by atoms with Gasteiger partial charge in [0.2, 0.25) is 0 Å². The maximum Gasteiger partial charge on any atom is 0.164 e.